The first kappa shape index (κ1) is 11.6. The predicted octanol–water partition coefficient (Wildman–Crippen LogP) is 2.68. The average Bonchev–Trinajstić information content (AvgIpc) is 2.32. The Kier molecular flexibility index (Phi) is 3.09. The molecule has 17 heavy (non-hydrogen) atoms. The van der Waals surface area contributed by atoms with E-state index in [-0.39, 0.29) is 17.3 Å². The van der Waals surface area contributed by atoms with Gasteiger partial charge in [-0.1, -0.05) is 24.6 Å². The highest BCUT2D eigenvalue weighted by atomic mass is 16.5. The van der Waals surface area contributed by atoms with Gasteiger partial charge in [0.15, 0.2) is 11.5 Å². The standard InChI is InChI=1S/C14H14O3/c1-3-6-17-13-8-12(15)10-5-4-9(2)7-11(10)14(13)16/h4-5,7-8H,3,6H2,1-2H3. The molecule has 0 atom stereocenters. The summed E-state index contributed by atoms with van der Waals surface area (Å²) >= 11 is 0. The molecule has 0 heterocycles. The minimum Gasteiger partial charge on any atom is -0.489 e. The van der Waals surface area contributed by atoms with Gasteiger partial charge in [-0.2, -0.15) is 0 Å². The van der Waals surface area contributed by atoms with E-state index in [1.807, 2.05) is 19.9 Å². The van der Waals surface area contributed by atoms with Crippen LogP contribution in [-0.4, -0.2) is 18.2 Å². The number of carbonyl (C=O) groups is 2. The predicted molar refractivity (Wildman–Crippen MR) is 64.2 cm³/mol. The highest BCUT2D eigenvalue weighted by Gasteiger charge is 2.26. The molecule has 0 spiro atoms. The van der Waals surface area contributed by atoms with Crippen molar-refractivity contribution in [3.63, 3.8) is 0 Å². The number of Topliss-reactive ketones (excluding diaryl/α,β-unsaturated/α-hetero) is 1. The van der Waals surface area contributed by atoms with E-state index in [2.05, 4.69) is 0 Å². The molecule has 88 valence electrons. The van der Waals surface area contributed by atoms with Crippen LogP contribution in [0, 0.1) is 6.92 Å². The maximum absolute atomic E-state index is 12.1. The van der Waals surface area contributed by atoms with Gasteiger partial charge in [0.25, 0.3) is 0 Å². The van der Waals surface area contributed by atoms with Crippen molar-refractivity contribution in [3.05, 3.63) is 46.7 Å². The van der Waals surface area contributed by atoms with Crippen LogP contribution in [-0.2, 0) is 4.74 Å². The van der Waals surface area contributed by atoms with Gasteiger partial charge in [-0.3, -0.25) is 9.59 Å². The van der Waals surface area contributed by atoms with E-state index < -0.39 is 0 Å². The molecule has 0 amide bonds. The van der Waals surface area contributed by atoms with E-state index in [4.69, 9.17) is 4.74 Å². The Morgan fingerprint density at radius 2 is 1.94 bits per heavy atom. The fourth-order valence-electron chi connectivity index (χ4n) is 1.78. The molecule has 1 aromatic carbocycles. The van der Waals surface area contributed by atoms with E-state index in [0.717, 1.165) is 12.0 Å². The molecule has 0 radical (unpaired) electrons. The first-order valence-electron chi connectivity index (χ1n) is 5.67. The van der Waals surface area contributed by atoms with Gasteiger partial charge >= 0.3 is 0 Å². The highest BCUT2D eigenvalue weighted by molar-refractivity contribution is 6.23. The summed E-state index contributed by atoms with van der Waals surface area (Å²) in [7, 11) is 0. The van der Waals surface area contributed by atoms with Crippen molar-refractivity contribution >= 4 is 11.6 Å². The molecular formula is C14H14O3. The van der Waals surface area contributed by atoms with E-state index >= 15 is 0 Å². The largest absolute Gasteiger partial charge is 0.489 e. The van der Waals surface area contributed by atoms with Crippen LogP contribution < -0.4 is 0 Å². The third kappa shape index (κ3) is 2.13. The number of allylic oxidation sites excluding steroid dienone is 2. The van der Waals surface area contributed by atoms with Crippen molar-refractivity contribution in [2.45, 2.75) is 20.3 Å². The summed E-state index contributed by atoms with van der Waals surface area (Å²) in [6, 6.07) is 5.26. The Morgan fingerprint density at radius 1 is 1.18 bits per heavy atom. The maximum Gasteiger partial charge on any atom is 0.228 e. The Labute approximate surface area is 100 Å². The first-order valence-corrected chi connectivity index (χ1v) is 5.67. The van der Waals surface area contributed by atoms with Crippen LogP contribution in [0.2, 0.25) is 0 Å². The molecule has 0 aliphatic heterocycles. The number of fused-ring (bicyclic) bond motifs is 1. The van der Waals surface area contributed by atoms with Crippen LogP contribution in [0.3, 0.4) is 0 Å². The van der Waals surface area contributed by atoms with Gasteiger partial charge in [0.2, 0.25) is 5.78 Å². The zero-order valence-corrected chi connectivity index (χ0v) is 9.95. The number of hydrogen-bond acceptors (Lipinski definition) is 3. The van der Waals surface area contributed by atoms with Crippen molar-refractivity contribution < 1.29 is 14.3 Å². The summed E-state index contributed by atoms with van der Waals surface area (Å²) in [4.78, 5) is 23.9. The van der Waals surface area contributed by atoms with Gasteiger partial charge in [0.05, 0.1) is 6.61 Å². The number of carbonyl (C=O) groups excluding carboxylic acids is 2. The number of benzene rings is 1. The molecule has 0 N–H and O–H groups in total. The second-order valence-electron chi connectivity index (χ2n) is 4.10. The van der Waals surface area contributed by atoms with Gasteiger partial charge in [0.1, 0.15) is 0 Å². The molecule has 3 heteroatoms. The molecule has 0 aromatic heterocycles. The second kappa shape index (κ2) is 4.53. The number of ether oxygens (including phenoxy) is 1. The topological polar surface area (TPSA) is 43.4 Å². The lowest BCUT2D eigenvalue weighted by Gasteiger charge is -2.15. The summed E-state index contributed by atoms with van der Waals surface area (Å²) in [6.07, 6.45) is 2.09. The Balaban J connectivity index is 2.40. The molecule has 3 nitrogen and oxygen atoms in total. The fraction of sp³-hybridized carbons (Fsp3) is 0.286. The number of rotatable bonds is 3. The number of aryl methyl sites for hydroxylation is 1. The van der Waals surface area contributed by atoms with Crippen LogP contribution >= 0.6 is 0 Å². The maximum atomic E-state index is 12.1. The zero-order chi connectivity index (χ0) is 12.4. The van der Waals surface area contributed by atoms with Gasteiger partial charge < -0.3 is 4.74 Å². The Hall–Kier alpha value is -1.90. The molecule has 0 saturated carbocycles. The van der Waals surface area contributed by atoms with E-state index in [1.165, 1.54) is 6.08 Å². The summed E-state index contributed by atoms with van der Waals surface area (Å²) in [5.74, 6) is -0.197. The molecule has 1 aromatic rings. The van der Waals surface area contributed by atoms with E-state index in [1.54, 1.807) is 12.1 Å². The molecule has 1 aliphatic carbocycles. The third-order valence-corrected chi connectivity index (χ3v) is 2.63. The fourth-order valence-corrected chi connectivity index (χ4v) is 1.78. The number of hydrogen-bond donors (Lipinski definition) is 0. The second-order valence-corrected chi connectivity index (χ2v) is 4.10. The van der Waals surface area contributed by atoms with Crippen molar-refractivity contribution in [1.82, 2.24) is 0 Å². The molecular weight excluding hydrogens is 216 g/mol. The summed E-state index contributed by atoms with van der Waals surface area (Å²) in [5, 5.41) is 0. The normalized spacial score (nSPS) is 14.4. The molecule has 0 fully saturated rings. The van der Waals surface area contributed by atoms with Crippen molar-refractivity contribution in [2.75, 3.05) is 6.61 Å². The lowest BCUT2D eigenvalue weighted by Crippen LogP contribution is -2.19. The van der Waals surface area contributed by atoms with Gasteiger partial charge in [-0.05, 0) is 19.4 Å². The van der Waals surface area contributed by atoms with Crippen molar-refractivity contribution in [1.29, 1.82) is 0 Å². The van der Waals surface area contributed by atoms with Crippen molar-refractivity contribution in [2.24, 2.45) is 0 Å². The Morgan fingerprint density at radius 3 is 2.65 bits per heavy atom. The van der Waals surface area contributed by atoms with Crippen LogP contribution in [0.25, 0.3) is 0 Å². The van der Waals surface area contributed by atoms with Crippen LogP contribution in [0.5, 0.6) is 0 Å². The molecule has 1 aliphatic rings. The van der Waals surface area contributed by atoms with Gasteiger partial charge in [-0.25, -0.2) is 0 Å². The summed E-state index contributed by atoms with van der Waals surface area (Å²) < 4.78 is 5.30. The lowest BCUT2D eigenvalue weighted by atomic mass is 9.92. The van der Waals surface area contributed by atoms with Crippen LogP contribution in [0.1, 0.15) is 39.6 Å². The minimum absolute atomic E-state index is 0.161. The van der Waals surface area contributed by atoms with Crippen molar-refractivity contribution in [3.8, 4) is 0 Å². The average molecular weight is 230 g/mol. The van der Waals surface area contributed by atoms with E-state index in [9.17, 15) is 9.59 Å². The molecule has 0 bridgehead atoms. The lowest BCUT2D eigenvalue weighted by molar-refractivity contribution is 0.0883. The van der Waals surface area contributed by atoms with E-state index in [0.29, 0.717) is 17.7 Å². The SMILES string of the molecule is CCCOC1=CC(=O)c2ccc(C)cc2C1=O. The molecule has 2 rings (SSSR count). The quantitative estimate of drug-likeness (QED) is 0.801. The van der Waals surface area contributed by atoms with Crippen LogP contribution in [0.15, 0.2) is 30.0 Å². The smallest absolute Gasteiger partial charge is 0.228 e. The van der Waals surface area contributed by atoms with Gasteiger partial charge in [-0.15, -0.1) is 0 Å². The summed E-state index contributed by atoms with van der Waals surface area (Å²) in [5.41, 5.74) is 1.87. The Bertz CT molecular complexity index is 512. The monoisotopic (exact) mass is 230 g/mol. The highest BCUT2D eigenvalue weighted by Crippen LogP contribution is 2.23. The zero-order valence-electron chi connectivity index (χ0n) is 9.95. The number of ketones is 2. The molecule has 0 unspecified atom stereocenters. The summed E-state index contributed by atoms with van der Waals surface area (Å²) in [6.45, 7) is 4.29. The first-order chi connectivity index (χ1) is 8.13. The van der Waals surface area contributed by atoms with Gasteiger partial charge in [0, 0.05) is 17.2 Å². The molecule has 0 saturated heterocycles. The third-order valence-electron chi connectivity index (χ3n) is 2.63. The van der Waals surface area contributed by atoms with Crippen LogP contribution in [0.4, 0.5) is 0 Å². The minimum atomic E-state index is -0.197.